The molecule has 0 aromatic carbocycles. The highest BCUT2D eigenvalue weighted by Gasteiger charge is 2.32. The molecular formula is C24H33N3O5. The van der Waals surface area contributed by atoms with E-state index in [9.17, 15) is 14.4 Å². The summed E-state index contributed by atoms with van der Waals surface area (Å²) < 4.78 is 10.6. The van der Waals surface area contributed by atoms with Gasteiger partial charge in [0.2, 0.25) is 5.91 Å². The molecule has 2 N–H and O–H groups in total. The van der Waals surface area contributed by atoms with Gasteiger partial charge in [0.1, 0.15) is 17.2 Å². The van der Waals surface area contributed by atoms with Crippen LogP contribution in [0.3, 0.4) is 0 Å². The maximum Gasteiger partial charge on any atom is 0.340 e. The maximum atomic E-state index is 13.1. The van der Waals surface area contributed by atoms with Gasteiger partial charge in [0.15, 0.2) is 0 Å². The van der Waals surface area contributed by atoms with Crippen molar-refractivity contribution in [3.8, 4) is 0 Å². The summed E-state index contributed by atoms with van der Waals surface area (Å²) in [6, 6.07) is 3.74. The summed E-state index contributed by atoms with van der Waals surface area (Å²) in [5.41, 5.74) is 2.12. The molecule has 1 aliphatic heterocycles. The number of H-pyrrole nitrogens is 1. The Labute approximate surface area is 188 Å². The van der Waals surface area contributed by atoms with Crippen molar-refractivity contribution < 1.29 is 23.5 Å². The summed E-state index contributed by atoms with van der Waals surface area (Å²) in [5.74, 6) is 1.08. The number of aryl methyl sites for hydroxylation is 2. The van der Waals surface area contributed by atoms with E-state index in [2.05, 4.69) is 10.3 Å². The Morgan fingerprint density at radius 2 is 1.91 bits per heavy atom. The quantitative estimate of drug-likeness (QED) is 0.637. The summed E-state index contributed by atoms with van der Waals surface area (Å²) >= 11 is 0. The van der Waals surface area contributed by atoms with Crippen LogP contribution in [0.1, 0.15) is 70.3 Å². The third-order valence-corrected chi connectivity index (χ3v) is 6.31. The number of aromatic nitrogens is 1. The Bertz CT molecular complexity index is 982. The van der Waals surface area contributed by atoms with Crippen LogP contribution in [0.2, 0.25) is 0 Å². The highest BCUT2D eigenvalue weighted by molar-refractivity contribution is 6.00. The maximum absolute atomic E-state index is 13.1. The van der Waals surface area contributed by atoms with Gasteiger partial charge in [-0.1, -0.05) is 6.92 Å². The molecule has 174 valence electrons. The van der Waals surface area contributed by atoms with E-state index in [0.29, 0.717) is 42.1 Å². The number of aromatic amines is 1. The number of nitrogens with one attached hydrogen (secondary N) is 2. The number of carbonyl (C=O) groups is 3. The Hall–Kier alpha value is -3.03. The summed E-state index contributed by atoms with van der Waals surface area (Å²) in [5, 5.41) is 2.94. The van der Waals surface area contributed by atoms with E-state index in [1.165, 1.54) is 0 Å². The predicted molar refractivity (Wildman–Crippen MR) is 119 cm³/mol. The smallest absolute Gasteiger partial charge is 0.340 e. The van der Waals surface area contributed by atoms with Gasteiger partial charge in [-0.05, 0) is 64.2 Å². The van der Waals surface area contributed by atoms with Crippen molar-refractivity contribution in [2.75, 3.05) is 19.7 Å². The molecule has 2 aromatic heterocycles. The molecule has 1 unspecified atom stereocenters. The van der Waals surface area contributed by atoms with Crippen LogP contribution in [-0.2, 0) is 16.1 Å². The Morgan fingerprint density at radius 3 is 2.50 bits per heavy atom. The van der Waals surface area contributed by atoms with Crippen LogP contribution in [-0.4, -0.2) is 47.4 Å². The van der Waals surface area contributed by atoms with E-state index in [4.69, 9.17) is 9.15 Å². The Balaban J connectivity index is 1.56. The van der Waals surface area contributed by atoms with Gasteiger partial charge in [0, 0.05) is 24.7 Å². The molecule has 2 aromatic rings. The van der Waals surface area contributed by atoms with Crippen molar-refractivity contribution in [2.24, 2.45) is 11.8 Å². The average molecular weight is 444 g/mol. The van der Waals surface area contributed by atoms with E-state index < -0.39 is 5.97 Å². The van der Waals surface area contributed by atoms with Gasteiger partial charge in [0.25, 0.3) is 5.91 Å². The van der Waals surface area contributed by atoms with Crippen LogP contribution in [0.25, 0.3) is 0 Å². The van der Waals surface area contributed by atoms with Gasteiger partial charge in [-0.25, -0.2) is 4.79 Å². The molecule has 3 heterocycles. The van der Waals surface area contributed by atoms with Crippen molar-refractivity contribution in [3.63, 3.8) is 0 Å². The lowest BCUT2D eigenvalue weighted by atomic mass is 9.84. The van der Waals surface area contributed by atoms with Crippen molar-refractivity contribution >= 4 is 17.8 Å². The van der Waals surface area contributed by atoms with Crippen molar-refractivity contribution in [2.45, 2.75) is 54.0 Å². The van der Waals surface area contributed by atoms with E-state index in [1.54, 1.807) is 25.7 Å². The summed E-state index contributed by atoms with van der Waals surface area (Å²) in [7, 11) is 0. The van der Waals surface area contributed by atoms with Crippen LogP contribution in [0.5, 0.6) is 0 Å². The summed E-state index contributed by atoms with van der Waals surface area (Å²) in [4.78, 5) is 42.7. The van der Waals surface area contributed by atoms with Gasteiger partial charge in [-0.15, -0.1) is 0 Å². The molecule has 0 aliphatic carbocycles. The molecule has 2 amide bonds. The van der Waals surface area contributed by atoms with Gasteiger partial charge in [-0.2, -0.15) is 0 Å². The second-order valence-electron chi connectivity index (χ2n) is 8.49. The van der Waals surface area contributed by atoms with Crippen molar-refractivity contribution in [1.82, 2.24) is 15.2 Å². The standard InChI is InChI=1S/C24H33N3O5/c1-6-31-24(30)20-16(4)21(26-17(20)5)23(29)27-11-9-18(10-12-27)15(3)22(28)25-13-19-8-7-14(2)32-19/h7-8,15,18,26H,6,9-13H2,1-5H3,(H,25,28). The van der Waals surface area contributed by atoms with Gasteiger partial charge in [0.05, 0.1) is 18.7 Å². The lowest BCUT2D eigenvalue weighted by Crippen LogP contribution is -2.42. The molecule has 1 aliphatic rings. The number of nitrogens with zero attached hydrogens (tertiary/aromatic N) is 1. The fraction of sp³-hybridized carbons (Fsp3) is 0.542. The number of furan rings is 1. The molecule has 8 nitrogen and oxygen atoms in total. The average Bonchev–Trinajstić information content (AvgIpc) is 3.33. The molecule has 0 bridgehead atoms. The minimum Gasteiger partial charge on any atom is -0.465 e. The molecule has 0 saturated carbocycles. The molecule has 32 heavy (non-hydrogen) atoms. The normalized spacial score (nSPS) is 15.5. The van der Waals surface area contributed by atoms with Gasteiger partial charge in [-0.3, -0.25) is 9.59 Å². The first-order valence-electron chi connectivity index (χ1n) is 11.2. The third-order valence-electron chi connectivity index (χ3n) is 6.31. The molecule has 1 fully saturated rings. The first-order valence-corrected chi connectivity index (χ1v) is 11.2. The number of hydrogen-bond acceptors (Lipinski definition) is 5. The first-order chi connectivity index (χ1) is 15.2. The van der Waals surface area contributed by atoms with Crippen LogP contribution in [0, 0.1) is 32.6 Å². The lowest BCUT2D eigenvalue weighted by molar-refractivity contribution is -0.126. The number of hydrogen-bond donors (Lipinski definition) is 2. The number of amides is 2. The molecule has 0 radical (unpaired) electrons. The highest BCUT2D eigenvalue weighted by atomic mass is 16.5. The number of piperidine rings is 1. The molecule has 3 rings (SSSR count). The topological polar surface area (TPSA) is 105 Å². The van der Waals surface area contributed by atoms with Crippen molar-refractivity contribution in [1.29, 1.82) is 0 Å². The fourth-order valence-electron chi connectivity index (χ4n) is 4.36. The second-order valence-corrected chi connectivity index (χ2v) is 8.49. The number of rotatable bonds is 7. The first kappa shape index (κ1) is 23.6. The Kier molecular flexibility index (Phi) is 7.43. The fourth-order valence-corrected chi connectivity index (χ4v) is 4.36. The van der Waals surface area contributed by atoms with Gasteiger partial charge < -0.3 is 24.4 Å². The van der Waals surface area contributed by atoms with Crippen LogP contribution >= 0.6 is 0 Å². The third kappa shape index (κ3) is 5.06. The monoisotopic (exact) mass is 443 g/mol. The minimum absolute atomic E-state index is 0.00116. The van der Waals surface area contributed by atoms with Gasteiger partial charge >= 0.3 is 5.97 Å². The summed E-state index contributed by atoms with van der Waals surface area (Å²) in [6.07, 6.45) is 1.51. The summed E-state index contributed by atoms with van der Waals surface area (Å²) in [6.45, 7) is 10.9. The number of carbonyl (C=O) groups excluding carboxylic acids is 3. The molecule has 1 atom stereocenters. The second kappa shape index (κ2) is 10.1. The minimum atomic E-state index is -0.416. The predicted octanol–water partition coefficient (Wildman–Crippen LogP) is 3.51. The highest BCUT2D eigenvalue weighted by Crippen LogP contribution is 2.27. The van der Waals surface area contributed by atoms with Crippen LogP contribution < -0.4 is 5.32 Å². The van der Waals surface area contributed by atoms with Crippen LogP contribution in [0.4, 0.5) is 0 Å². The zero-order valence-electron chi connectivity index (χ0n) is 19.5. The van der Waals surface area contributed by atoms with Crippen molar-refractivity contribution in [3.05, 3.63) is 46.2 Å². The van der Waals surface area contributed by atoms with E-state index in [1.807, 2.05) is 26.0 Å². The number of likely N-dealkylation sites (tertiary alicyclic amines) is 1. The van der Waals surface area contributed by atoms with Crippen LogP contribution in [0.15, 0.2) is 16.5 Å². The largest absolute Gasteiger partial charge is 0.465 e. The number of ether oxygens (including phenoxy) is 1. The molecule has 8 heteroatoms. The SMILES string of the molecule is CCOC(=O)c1c(C)[nH]c(C(=O)N2CCC(C(C)C(=O)NCc3ccc(C)o3)CC2)c1C. The lowest BCUT2D eigenvalue weighted by Gasteiger charge is -2.34. The van der Waals surface area contributed by atoms with E-state index in [-0.39, 0.29) is 30.3 Å². The zero-order valence-corrected chi connectivity index (χ0v) is 19.5. The molecule has 1 saturated heterocycles. The molecule has 0 spiro atoms. The van der Waals surface area contributed by atoms with E-state index in [0.717, 1.165) is 24.4 Å². The zero-order chi connectivity index (χ0) is 23.4. The Morgan fingerprint density at radius 1 is 1.22 bits per heavy atom. The van der Waals surface area contributed by atoms with E-state index >= 15 is 0 Å². The number of esters is 1. The molecular weight excluding hydrogens is 410 g/mol.